The van der Waals surface area contributed by atoms with Crippen LogP contribution in [0.3, 0.4) is 0 Å². The zero-order valence-electron chi connectivity index (χ0n) is 11.4. The van der Waals surface area contributed by atoms with Crippen molar-refractivity contribution in [3.8, 4) is 5.75 Å². The highest BCUT2D eigenvalue weighted by Crippen LogP contribution is 2.38. The number of hydrogen-bond donors (Lipinski definition) is 2. The summed E-state index contributed by atoms with van der Waals surface area (Å²) in [5.74, 6) is 0.281. The van der Waals surface area contributed by atoms with Crippen molar-refractivity contribution in [3.05, 3.63) is 65.7 Å². The third-order valence-corrected chi connectivity index (χ3v) is 3.85. The first kappa shape index (κ1) is 13.2. The zero-order chi connectivity index (χ0) is 13.8. The highest BCUT2D eigenvalue weighted by Gasteiger charge is 2.36. The van der Waals surface area contributed by atoms with E-state index in [0.29, 0.717) is 6.61 Å². The second-order valence-corrected chi connectivity index (χ2v) is 5.09. The fourth-order valence-electron chi connectivity index (χ4n) is 2.82. The largest absolute Gasteiger partial charge is 0.508 e. The molecular formula is C17H19NO2. The minimum absolute atomic E-state index is 0.281. The van der Waals surface area contributed by atoms with Crippen LogP contribution in [0.4, 0.5) is 0 Å². The molecule has 1 saturated heterocycles. The molecule has 3 heteroatoms. The molecule has 1 heterocycles. The molecule has 0 saturated carbocycles. The van der Waals surface area contributed by atoms with Crippen LogP contribution < -0.4 is 5.32 Å². The van der Waals surface area contributed by atoms with Crippen LogP contribution in [0, 0.1) is 0 Å². The summed E-state index contributed by atoms with van der Waals surface area (Å²) in [6.07, 6.45) is 0.877. The average molecular weight is 269 g/mol. The van der Waals surface area contributed by atoms with Crippen LogP contribution >= 0.6 is 0 Å². The molecule has 0 spiro atoms. The Kier molecular flexibility index (Phi) is 3.72. The van der Waals surface area contributed by atoms with Crippen molar-refractivity contribution in [2.24, 2.45) is 0 Å². The number of phenols is 1. The van der Waals surface area contributed by atoms with Gasteiger partial charge in [0.15, 0.2) is 0 Å². The molecule has 20 heavy (non-hydrogen) atoms. The molecule has 2 aromatic rings. The van der Waals surface area contributed by atoms with E-state index in [-0.39, 0.29) is 5.75 Å². The third-order valence-electron chi connectivity index (χ3n) is 3.85. The smallest absolute Gasteiger partial charge is 0.119 e. The number of rotatable bonds is 2. The van der Waals surface area contributed by atoms with Gasteiger partial charge in [0.2, 0.25) is 0 Å². The van der Waals surface area contributed by atoms with Crippen molar-refractivity contribution < 1.29 is 9.84 Å². The van der Waals surface area contributed by atoms with Crippen LogP contribution in [-0.4, -0.2) is 24.8 Å². The average Bonchev–Trinajstić information content (AvgIpc) is 2.76. The van der Waals surface area contributed by atoms with Crippen LogP contribution in [0.5, 0.6) is 5.75 Å². The molecule has 3 rings (SSSR count). The van der Waals surface area contributed by atoms with Gasteiger partial charge >= 0.3 is 0 Å². The van der Waals surface area contributed by atoms with Gasteiger partial charge in [0.25, 0.3) is 0 Å². The van der Waals surface area contributed by atoms with Crippen molar-refractivity contribution >= 4 is 0 Å². The van der Waals surface area contributed by atoms with Crippen LogP contribution in [0.15, 0.2) is 54.6 Å². The van der Waals surface area contributed by atoms with E-state index < -0.39 is 5.60 Å². The van der Waals surface area contributed by atoms with Gasteiger partial charge < -0.3 is 15.2 Å². The number of phenolic OH excluding ortho intramolecular Hbond substituents is 1. The van der Waals surface area contributed by atoms with E-state index in [2.05, 4.69) is 17.4 Å². The van der Waals surface area contributed by atoms with Crippen LogP contribution in [0.1, 0.15) is 17.5 Å². The van der Waals surface area contributed by atoms with Crippen molar-refractivity contribution in [3.63, 3.8) is 0 Å². The van der Waals surface area contributed by atoms with Gasteiger partial charge in [0.05, 0.1) is 6.61 Å². The van der Waals surface area contributed by atoms with E-state index in [9.17, 15) is 5.11 Å². The summed E-state index contributed by atoms with van der Waals surface area (Å²) in [7, 11) is 0. The maximum Gasteiger partial charge on any atom is 0.119 e. The molecule has 0 bridgehead atoms. The van der Waals surface area contributed by atoms with E-state index in [1.165, 1.54) is 0 Å². The molecule has 0 amide bonds. The first-order chi connectivity index (χ1) is 9.81. The molecule has 0 aromatic heterocycles. The predicted octanol–water partition coefficient (Wildman–Crippen LogP) is 2.65. The summed E-state index contributed by atoms with van der Waals surface area (Å²) >= 11 is 0. The quantitative estimate of drug-likeness (QED) is 0.880. The minimum atomic E-state index is -0.432. The lowest BCUT2D eigenvalue weighted by Crippen LogP contribution is -2.32. The molecule has 1 unspecified atom stereocenters. The Morgan fingerprint density at radius 1 is 0.900 bits per heavy atom. The molecule has 3 nitrogen and oxygen atoms in total. The molecule has 104 valence electrons. The third kappa shape index (κ3) is 2.42. The highest BCUT2D eigenvalue weighted by molar-refractivity contribution is 5.39. The van der Waals surface area contributed by atoms with Crippen LogP contribution in [0.25, 0.3) is 0 Å². The lowest BCUT2D eigenvalue weighted by atomic mass is 9.83. The minimum Gasteiger partial charge on any atom is -0.508 e. The van der Waals surface area contributed by atoms with Crippen LogP contribution in [0.2, 0.25) is 0 Å². The van der Waals surface area contributed by atoms with E-state index in [0.717, 1.165) is 30.6 Å². The van der Waals surface area contributed by atoms with Crippen molar-refractivity contribution in [2.75, 3.05) is 19.7 Å². The maximum atomic E-state index is 9.51. The molecular weight excluding hydrogens is 250 g/mol. The van der Waals surface area contributed by atoms with Crippen molar-refractivity contribution in [2.45, 2.75) is 12.0 Å². The molecule has 2 aromatic carbocycles. The second-order valence-electron chi connectivity index (χ2n) is 5.09. The number of hydrogen-bond acceptors (Lipinski definition) is 3. The van der Waals surface area contributed by atoms with Gasteiger partial charge in [0, 0.05) is 6.54 Å². The SMILES string of the molecule is Oc1ccc(C2(c3ccccc3)CCNCCO2)cc1. The second kappa shape index (κ2) is 5.65. The topological polar surface area (TPSA) is 41.5 Å². The molecule has 0 radical (unpaired) electrons. The Morgan fingerprint density at radius 3 is 2.35 bits per heavy atom. The lowest BCUT2D eigenvalue weighted by molar-refractivity contribution is -0.00935. The lowest BCUT2D eigenvalue weighted by Gasteiger charge is -2.33. The van der Waals surface area contributed by atoms with E-state index in [1.807, 2.05) is 30.3 Å². The highest BCUT2D eigenvalue weighted by atomic mass is 16.5. The Hall–Kier alpha value is -1.84. The van der Waals surface area contributed by atoms with Crippen molar-refractivity contribution in [1.29, 1.82) is 0 Å². The zero-order valence-corrected chi connectivity index (χ0v) is 11.4. The molecule has 0 aliphatic carbocycles. The van der Waals surface area contributed by atoms with Crippen molar-refractivity contribution in [1.82, 2.24) is 5.32 Å². The van der Waals surface area contributed by atoms with Crippen LogP contribution in [-0.2, 0) is 10.3 Å². The van der Waals surface area contributed by atoms with Gasteiger partial charge in [-0.05, 0) is 36.2 Å². The molecule has 1 aliphatic rings. The Bertz CT molecular complexity index is 543. The molecule has 1 aliphatic heterocycles. The van der Waals surface area contributed by atoms with E-state index >= 15 is 0 Å². The first-order valence-electron chi connectivity index (χ1n) is 7.01. The summed E-state index contributed by atoms with van der Waals surface area (Å²) in [6.45, 7) is 2.46. The normalized spacial score (nSPS) is 23.2. The summed E-state index contributed by atoms with van der Waals surface area (Å²) in [6, 6.07) is 17.7. The fraction of sp³-hybridized carbons (Fsp3) is 0.294. The van der Waals surface area contributed by atoms with Gasteiger partial charge in [-0.3, -0.25) is 0 Å². The first-order valence-corrected chi connectivity index (χ1v) is 7.01. The molecule has 2 N–H and O–H groups in total. The predicted molar refractivity (Wildman–Crippen MR) is 78.8 cm³/mol. The summed E-state index contributed by atoms with van der Waals surface area (Å²) in [5.41, 5.74) is 1.82. The Balaban J connectivity index is 2.09. The number of aromatic hydroxyl groups is 1. The Labute approximate surface area is 119 Å². The molecule has 1 fully saturated rings. The van der Waals surface area contributed by atoms with E-state index in [4.69, 9.17) is 4.74 Å². The fourth-order valence-corrected chi connectivity index (χ4v) is 2.82. The summed E-state index contributed by atoms with van der Waals surface area (Å²) in [5, 5.41) is 12.9. The summed E-state index contributed by atoms with van der Waals surface area (Å²) in [4.78, 5) is 0. The van der Waals surface area contributed by atoms with Gasteiger partial charge in [-0.15, -0.1) is 0 Å². The standard InChI is InChI=1S/C17H19NO2/c19-16-8-6-15(7-9-16)17(10-11-18-12-13-20-17)14-4-2-1-3-5-14/h1-9,18-19H,10-13H2. The van der Waals surface area contributed by atoms with E-state index in [1.54, 1.807) is 12.1 Å². The number of benzene rings is 2. The summed E-state index contributed by atoms with van der Waals surface area (Å²) < 4.78 is 6.26. The number of nitrogens with one attached hydrogen (secondary N) is 1. The Morgan fingerprint density at radius 2 is 1.60 bits per heavy atom. The van der Waals surface area contributed by atoms with Gasteiger partial charge in [0.1, 0.15) is 11.4 Å². The van der Waals surface area contributed by atoms with Gasteiger partial charge in [-0.1, -0.05) is 42.5 Å². The number of ether oxygens (including phenoxy) is 1. The van der Waals surface area contributed by atoms with Gasteiger partial charge in [-0.2, -0.15) is 0 Å². The van der Waals surface area contributed by atoms with Gasteiger partial charge in [-0.25, -0.2) is 0 Å². The molecule has 1 atom stereocenters. The monoisotopic (exact) mass is 269 g/mol. The maximum absolute atomic E-state index is 9.51.